The van der Waals surface area contributed by atoms with Crippen molar-refractivity contribution in [3.63, 3.8) is 0 Å². The van der Waals surface area contributed by atoms with E-state index >= 15 is 0 Å². The van der Waals surface area contributed by atoms with Gasteiger partial charge in [-0.15, -0.1) is 0 Å². The summed E-state index contributed by atoms with van der Waals surface area (Å²) in [6, 6.07) is 17.3. The Balaban J connectivity index is 2.14. The van der Waals surface area contributed by atoms with Crippen molar-refractivity contribution in [1.29, 1.82) is 0 Å². The Bertz CT molecular complexity index is 1600. The molecule has 0 fully saturated rings. The van der Waals surface area contributed by atoms with E-state index in [9.17, 15) is 24.3 Å². The number of benzene rings is 3. The molecule has 0 spiro atoms. The summed E-state index contributed by atoms with van der Waals surface area (Å²) in [4.78, 5) is 57.8. The Morgan fingerprint density at radius 3 is 1.74 bits per heavy atom. The van der Waals surface area contributed by atoms with Gasteiger partial charge in [-0.25, -0.2) is 9.59 Å². The van der Waals surface area contributed by atoms with E-state index in [1.54, 1.807) is 67.5 Å². The predicted molar refractivity (Wildman–Crippen MR) is 194 cm³/mol. The third-order valence-electron chi connectivity index (χ3n) is 7.81. The zero-order valence-electron chi connectivity index (χ0n) is 31.0. The number of phenols is 1. The number of phenolic OH excluding ortho intramolecular Hbond substituents is 1. The number of nitrogens with one attached hydrogen (secondary N) is 2. The van der Waals surface area contributed by atoms with Gasteiger partial charge in [0.15, 0.2) is 0 Å². The van der Waals surface area contributed by atoms with Crippen LogP contribution in [0, 0.1) is 13.8 Å². The Hall–Kier alpha value is -4.86. The SMILES string of the molecule is Cc1cccc(C)c1C(C(=O)NC(Cc1ccccc1)C(=O)OC(C)(C)C)N(C(=O)C(Cc1ccc(O)cc1)NC(=O)OC(C)(C)C)C(C)C. The lowest BCUT2D eigenvalue weighted by molar-refractivity contribution is -0.159. The molecular weight excluding hydrogens is 634 g/mol. The van der Waals surface area contributed by atoms with Crippen molar-refractivity contribution in [2.24, 2.45) is 0 Å². The number of nitrogens with zero attached hydrogens (tertiary/aromatic N) is 1. The first-order chi connectivity index (χ1) is 23.3. The van der Waals surface area contributed by atoms with Crippen LogP contribution < -0.4 is 10.6 Å². The second-order valence-corrected chi connectivity index (χ2v) is 14.9. The summed E-state index contributed by atoms with van der Waals surface area (Å²) in [5.74, 6) is -1.65. The van der Waals surface area contributed by atoms with Gasteiger partial charge in [0.2, 0.25) is 11.8 Å². The highest BCUT2D eigenvalue weighted by Gasteiger charge is 2.40. The summed E-state index contributed by atoms with van der Waals surface area (Å²) >= 11 is 0. The van der Waals surface area contributed by atoms with Crippen LogP contribution in [0.2, 0.25) is 0 Å². The Labute approximate surface area is 296 Å². The van der Waals surface area contributed by atoms with Crippen molar-refractivity contribution in [3.8, 4) is 5.75 Å². The van der Waals surface area contributed by atoms with Gasteiger partial charge in [-0.05, 0) is 109 Å². The Morgan fingerprint density at radius 2 is 1.22 bits per heavy atom. The summed E-state index contributed by atoms with van der Waals surface area (Å²) in [6.07, 6.45) is -0.573. The minimum absolute atomic E-state index is 0.0528. The molecular formula is C40H53N3O7. The van der Waals surface area contributed by atoms with Crippen molar-refractivity contribution in [2.45, 2.75) is 117 Å². The molecule has 50 heavy (non-hydrogen) atoms. The highest BCUT2D eigenvalue weighted by atomic mass is 16.6. The molecule has 0 saturated heterocycles. The molecule has 3 amide bonds. The molecule has 3 atom stereocenters. The van der Waals surface area contributed by atoms with Gasteiger partial charge in [0.1, 0.15) is 35.1 Å². The molecule has 3 rings (SSSR count). The first-order valence-corrected chi connectivity index (χ1v) is 17.0. The van der Waals surface area contributed by atoms with Gasteiger partial charge in [-0.1, -0.05) is 60.7 Å². The molecule has 0 radical (unpaired) electrons. The van der Waals surface area contributed by atoms with Gasteiger partial charge in [-0.3, -0.25) is 9.59 Å². The maximum absolute atomic E-state index is 14.8. The van der Waals surface area contributed by atoms with Crippen LogP contribution in [0.15, 0.2) is 72.8 Å². The number of amides is 3. The van der Waals surface area contributed by atoms with Crippen LogP contribution in [0.5, 0.6) is 5.75 Å². The van der Waals surface area contributed by atoms with Crippen LogP contribution in [-0.4, -0.2) is 63.2 Å². The average Bonchev–Trinajstić information content (AvgIpc) is 2.99. The number of aromatic hydroxyl groups is 1. The molecule has 0 heterocycles. The number of hydrogen-bond donors (Lipinski definition) is 3. The fraction of sp³-hybridized carbons (Fsp3) is 0.450. The summed E-state index contributed by atoms with van der Waals surface area (Å²) < 4.78 is 11.3. The summed E-state index contributed by atoms with van der Waals surface area (Å²) in [6.45, 7) is 17.8. The summed E-state index contributed by atoms with van der Waals surface area (Å²) in [7, 11) is 0. The van der Waals surface area contributed by atoms with E-state index in [-0.39, 0.29) is 18.6 Å². The van der Waals surface area contributed by atoms with Crippen LogP contribution in [0.25, 0.3) is 0 Å². The maximum atomic E-state index is 14.8. The van der Waals surface area contributed by atoms with Gasteiger partial charge < -0.3 is 30.1 Å². The first-order valence-electron chi connectivity index (χ1n) is 17.0. The van der Waals surface area contributed by atoms with Crippen molar-refractivity contribution < 1.29 is 33.8 Å². The second kappa shape index (κ2) is 16.7. The van der Waals surface area contributed by atoms with Gasteiger partial charge in [0, 0.05) is 18.9 Å². The molecule has 3 unspecified atom stereocenters. The predicted octanol–water partition coefficient (Wildman–Crippen LogP) is 6.49. The zero-order chi connectivity index (χ0) is 37.4. The fourth-order valence-corrected chi connectivity index (χ4v) is 5.70. The number of rotatable bonds is 12. The third kappa shape index (κ3) is 11.6. The van der Waals surface area contributed by atoms with E-state index in [2.05, 4.69) is 10.6 Å². The van der Waals surface area contributed by atoms with E-state index in [0.717, 1.165) is 16.7 Å². The molecule has 0 aliphatic carbocycles. The van der Waals surface area contributed by atoms with Crippen LogP contribution in [-0.2, 0) is 36.7 Å². The van der Waals surface area contributed by atoms with E-state index in [0.29, 0.717) is 11.1 Å². The largest absolute Gasteiger partial charge is 0.508 e. The lowest BCUT2D eigenvalue weighted by Gasteiger charge is -2.39. The molecule has 3 aromatic rings. The fourth-order valence-electron chi connectivity index (χ4n) is 5.70. The number of aryl methyl sites for hydroxylation is 2. The van der Waals surface area contributed by atoms with E-state index in [1.165, 1.54) is 17.0 Å². The molecule has 10 heteroatoms. The van der Waals surface area contributed by atoms with Crippen molar-refractivity contribution in [1.82, 2.24) is 15.5 Å². The molecule has 0 saturated carbocycles. The summed E-state index contributed by atoms with van der Waals surface area (Å²) in [5, 5.41) is 15.6. The Kier molecular flexibility index (Phi) is 13.2. The number of hydrogen-bond acceptors (Lipinski definition) is 7. The Morgan fingerprint density at radius 1 is 0.700 bits per heavy atom. The molecule has 0 bridgehead atoms. The van der Waals surface area contributed by atoms with Crippen LogP contribution in [0.3, 0.4) is 0 Å². The van der Waals surface area contributed by atoms with E-state index < -0.39 is 59.2 Å². The molecule has 0 aromatic heterocycles. The lowest BCUT2D eigenvalue weighted by Crippen LogP contribution is -2.57. The van der Waals surface area contributed by atoms with Gasteiger partial charge in [0.25, 0.3) is 0 Å². The second-order valence-electron chi connectivity index (χ2n) is 14.9. The molecule has 0 aliphatic rings. The number of carbonyl (C=O) groups is 4. The molecule has 3 aromatic carbocycles. The molecule has 10 nitrogen and oxygen atoms in total. The normalized spacial score (nSPS) is 13.5. The first kappa shape index (κ1) is 39.6. The van der Waals surface area contributed by atoms with Gasteiger partial charge in [0.05, 0.1) is 0 Å². The molecule has 0 aliphatic heterocycles. The monoisotopic (exact) mass is 687 g/mol. The lowest BCUT2D eigenvalue weighted by atomic mass is 9.92. The minimum atomic E-state index is -1.19. The van der Waals surface area contributed by atoms with Crippen molar-refractivity contribution in [3.05, 3.63) is 101 Å². The zero-order valence-corrected chi connectivity index (χ0v) is 31.0. The highest BCUT2D eigenvalue weighted by molar-refractivity contribution is 5.94. The topological polar surface area (TPSA) is 134 Å². The number of alkyl carbamates (subject to hydrolysis) is 1. The number of ether oxygens (including phenoxy) is 2. The van der Waals surface area contributed by atoms with Crippen molar-refractivity contribution in [2.75, 3.05) is 0 Å². The molecule has 3 N–H and O–H groups in total. The van der Waals surface area contributed by atoms with Crippen molar-refractivity contribution >= 4 is 23.9 Å². The standard InChI is InChI=1S/C40H53N3O7/c1-25(2)43(36(46)31(42-38(48)50-40(8,9)10)23-29-19-21-30(44)22-20-29)34(33-26(3)15-14-16-27(33)4)35(45)41-32(37(47)49-39(5,6)7)24-28-17-12-11-13-18-28/h11-22,25,31-32,34,44H,23-24H2,1-10H3,(H,41,45)(H,42,48). The number of esters is 1. The number of carbonyl (C=O) groups excluding carboxylic acids is 4. The van der Waals surface area contributed by atoms with Crippen LogP contribution >= 0.6 is 0 Å². The maximum Gasteiger partial charge on any atom is 0.408 e. The average molecular weight is 688 g/mol. The van der Waals surface area contributed by atoms with Crippen LogP contribution in [0.4, 0.5) is 4.79 Å². The molecule has 270 valence electrons. The van der Waals surface area contributed by atoms with Crippen LogP contribution in [0.1, 0.15) is 89.2 Å². The minimum Gasteiger partial charge on any atom is -0.508 e. The van der Waals surface area contributed by atoms with Gasteiger partial charge >= 0.3 is 12.1 Å². The van der Waals surface area contributed by atoms with Gasteiger partial charge in [-0.2, -0.15) is 0 Å². The quantitative estimate of drug-likeness (QED) is 0.185. The van der Waals surface area contributed by atoms with E-state index in [4.69, 9.17) is 9.47 Å². The third-order valence-corrected chi connectivity index (χ3v) is 7.81. The van der Waals surface area contributed by atoms with E-state index in [1.807, 2.05) is 62.4 Å². The smallest absolute Gasteiger partial charge is 0.408 e. The highest BCUT2D eigenvalue weighted by Crippen LogP contribution is 2.31. The summed E-state index contributed by atoms with van der Waals surface area (Å²) in [5.41, 5.74) is 2.00.